The largest absolute Gasteiger partial charge is 0.748 e. The molecule has 0 saturated heterocycles. The van der Waals surface area contributed by atoms with E-state index in [1.54, 1.807) is 19.2 Å². The fraction of sp³-hybridized carbons (Fsp3) is 0.429. The molecule has 0 radical (unpaired) electrons. The van der Waals surface area contributed by atoms with E-state index in [2.05, 4.69) is 5.92 Å². The monoisotopic (exact) mass is 296 g/mol. The van der Waals surface area contributed by atoms with E-state index in [0.717, 1.165) is 11.3 Å². The maximum Gasteiger partial charge on any atom is 0.142 e. The van der Waals surface area contributed by atoms with Crippen molar-refractivity contribution in [3.8, 4) is 18.1 Å². The summed E-state index contributed by atoms with van der Waals surface area (Å²) in [6, 6.07) is 5.36. The fourth-order valence-corrected chi connectivity index (χ4v) is 2.39. The predicted molar refractivity (Wildman–Crippen MR) is 78.0 cm³/mol. The molecule has 20 heavy (non-hydrogen) atoms. The molecule has 1 rings (SSSR count). The Morgan fingerprint density at radius 2 is 2.15 bits per heavy atom. The van der Waals surface area contributed by atoms with Crippen molar-refractivity contribution >= 4 is 15.8 Å². The Morgan fingerprint density at radius 1 is 1.45 bits per heavy atom. The van der Waals surface area contributed by atoms with Crippen LogP contribution >= 0.6 is 0 Å². The molecule has 0 aliphatic heterocycles. The van der Waals surface area contributed by atoms with E-state index in [1.807, 2.05) is 17.9 Å². The Labute approximate surface area is 120 Å². The maximum absolute atomic E-state index is 10.6. The molecule has 0 spiro atoms. The SMILES string of the molecule is C#Cc1ccc(OC)c(N(CC)CCCS(=O)(=O)[O-])c1. The molecule has 0 heterocycles. The maximum atomic E-state index is 10.6. The van der Waals surface area contributed by atoms with Gasteiger partial charge in [-0.25, -0.2) is 8.42 Å². The molecular weight excluding hydrogens is 278 g/mol. The molecule has 6 heteroatoms. The normalized spacial score (nSPS) is 10.9. The number of hydrogen-bond acceptors (Lipinski definition) is 5. The second-order valence-electron chi connectivity index (χ2n) is 4.23. The van der Waals surface area contributed by atoms with Crippen molar-refractivity contribution in [1.82, 2.24) is 0 Å². The first-order valence-electron chi connectivity index (χ1n) is 6.24. The van der Waals surface area contributed by atoms with Crippen LogP contribution in [0.25, 0.3) is 0 Å². The van der Waals surface area contributed by atoms with Crippen LogP contribution in [-0.4, -0.2) is 38.9 Å². The second kappa shape index (κ2) is 7.17. The van der Waals surface area contributed by atoms with Gasteiger partial charge in [-0.1, -0.05) is 5.92 Å². The number of rotatable bonds is 7. The van der Waals surface area contributed by atoms with Crippen LogP contribution in [0, 0.1) is 12.3 Å². The van der Waals surface area contributed by atoms with Crippen LogP contribution in [0.5, 0.6) is 5.75 Å². The van der Waals surface area contributed by atoms with Gasteiger partial charge in [-0.05, 0) is 31.5 Å². The van der Waals surface area contributed by atoms with E-state index in [-0.39, 0.29) is 12.2 Å². The number of benzene rings is 1. The highest BCUT2D eigenvalue weighted by Gasteiger charge is 2.11. The zero-order valence-electron chi connectivity index (χ0n) is 11.6. The number of nitrogens with zero attached hydrogens (tertiary/aromatic N) is 1. The number of ether oxygens (including phenoxy) is 1. The van der Waals surface area contributed by atoms with Gasteiger partial charge in [0.15, 0.2) is 0 Å². The lowest BCUT2D eigenvalue weighted by molar-refractivity contribution is 0.414. The lowest BCUT2D eigenvalue weighted by Crippen LogP contribution is -2.26. The highest BCUT2D eigenvalue weighted by Crippen LogP contribution is 2.29. The summed E-state index contributed by atoms with van der Waals surface area (Å²) in [4.78, 5) is 1.94. The van der Waals surface area contributed by atoms with Crippen molar-refractivity contribution in [3.63, 3.8) is 0 Å². The van der Waals surface area contributed by atoms with Crippen molar-refractivity contribution in [2.75, 3.05) is 30.9 Å². The van der Waals surface area contributed by atoms with Gasteiger partial charge in [0, 0.05) is 24.4 Å². The number of hydrogen-bond donors (Lipinski definition) is 0. The third kappa shape index (κ3) is 4.76. The van der Waals surface area contributed by atoms with E-state index in [0.29, 0.717) is 18.8 Å². The van der Waals surface area contributed by atoms with Crippen LogP contribution in [0.3, 0.4) is 0 Å². The van der Waals surface area contributed by atoms with E-state index < -0.39 is 10.1 Å². The van der Waals surface area contributed by atoms with E-state index >= 15 is 0 Å². The average Bonchev–Trinajstić information content (AvgIpc) is 2.41. The molecule has 0 amide bonds. The molecule has 0 N–H and O–H groups in total. The van der Waals surface area contributed by atoms with Crippen molar-refractivity contribution in [2.45, 2.75) is 13.3 Å². The first-order chi connectivity index (χ1) is 9.41. The Balaban J connectivity index is 2.91. The van der Waals surface area contributed by atoms with E-state index in [1.165, 1.54) is 0 Å². The van der Waals surface area contributed by atoms with Gasteiger partial charge < -0.3 is 14.2 Å². The third-order valence-electron chi connectivity index (χ3n) is 2.89. The molecule has 110 valence electrons. The summed E-state index contributed by atoms with van der Waals surface area (Å²) in [5.74, 6) is 2.84. The van der Waals surface area contributed by atoms with Gasteiger partial charge in [0.2, 0.25) is 0 Å². The van der Waals surface area contributed by atoms with Gasteiger partial charge in [0.25, 0.3) is 0 Å². The summed E-state index contributed by atoms with van der Waals surface area (Å²) in [5.41, 5.74) is 1.52. The number of terminal acetylenes is 1. The molecule has 0 aliphatic rings. The van der Waals surface area contributed by atoms with Crippen molar-refractivity contribution in [2.24, 2.45) is 0 Å². The summed E-state index contributed by atoms with van der Waals surface area (Å²) in [6.07, 6.45) is 5.65. The van der Waals surface area contributed by atoms with Crippen LogP contribution in [0.4, 0.5) is 5.69 Å². The summed E-state index contributed by atoms with van der Waals surface area (Å²) < 4.78 is 37.2. The van der Waals surface area contributed by atoms with Crippen molar-refractivity contribution < 1.29 is 17.7 Å². The lowest BCUT2D eigenvalue weighted by Gasteiger charge is -2.25. The molecule has 0 bridgehead atoms. The fourth-order valence-electron chi connectivity index (χ4n) is 1.91. The molecule has 0 saturated carbocycles. The van der Waals surface area contributed by atoms with Gasteiger partial charge in [-0.3, -0.25) is 0 Å². The summed E-state index contributed by atoms with van der Waals surface area (Å²) in [7, 11) is -2.62. The molecular formula is C14H18NO4S-. The Kier molecular flexibility index (Phi) is 5.86. The molecule has 0 aromatic heterocycles. The van der Waals surface area contributed by atoms with Crippen LogP contribution in [0.15, 0.2) is 18.2 Å². The minimum absolute atomic E-state index is 0.267. The zero-order chi connectivity index (χ0) is 15.2. The predicted octanol–water partition coefficient (Wildman–Crippen LogP) is 1.44. The topological polar surface area (TPSA) is 69.7 Å². The van der Waals surface area contributed by atoms with Gasteiger partial charge >= 0.3 is 0 Å². The van der Waals surface area contributed by atoms with Crippen LogP contribution in [0.1, 0.15) is 18.9 Å². The van der Waals surface area contributed by atoms with E-state index in [4.69, 9.17) is 11.2 Å². The van der Waals surface area contributed by atoms with Crippen LogP contribution in [0.2, 0.25) is 0 Å². The Bertz CT molecular complexity index is 590. The quantitative estimate of drug-likeness (QED) is 0.562. The minimum atomic E-state index is -4.18. The standard InChI is InChI=1S/C14H19NO4S/c1-4-12-7-8-14(19-3)13(11-12)15(5-2)9-6-10-20(16,17)18/h1,7-8,11H,5-6,9-10H2,2-3H3,(H,16,17,18)/p-1. The molecule has 0 atom stereocenters. The van der Waals surface area contributed by atoms with Crippen LogP contribution < -0.4 is 9.64 Å². The van der Waals surface area contributed by atoms with Gasteiger partial charge in [0.1, 0.15) is 5.75 Å². The smallest absolute Gasteiger partial charge is 0.142 e. The van der Waals surface area contributed by atoms with Gasteiger partial charge in [-0.15, -0.1) is 6.42 Å². The molecule has 5 nitrogen and oxygen atoms in total. The molecule has 0 aliphatic carbocycles. The number of methoxy groups -OCH3 is 1. The van der Waals surface area contributed by atoms with Crippen molar-refractivity contribution in [3.05, 3.63) is 23.8 Å². The molecule has 0 fully saturated rings. The number of anilines is 1. The first-order valence-corrected chi connectivity index (χ1v) is 7.82. The molecule has 0 unspecified atom stereocenters. The Hall–Kier alpha value is -1.71. The van der Waals surface area contributed by atoms with E-state index in [9.17, 15) is 13.0 Å². The second-order valence-corrected chi connectivity index (χ2v) is 5.75. The highest BCUT2D eigenvalue weighted by atomic mass is 32.2. The van der Waals surface area contributed by atoms with Crippen LogP contribution in [-0.2, 0) is 10.1 Å². The summed E-state index contributed by atoms with van der Waals surface area (Å²) in [5, 5.41) is 0. The zero-order valence-corrected chi connectivity index (χ0v) is 12.4. The minimum Gasteiger partial charge on any atom is -0.748 e. The highest BCUT2D eigenvalue weighted by molar-refractivity contribution is 7.85. The summed E-state index contributed by atoms with van der Waals surface area (Å²) in [6.45, 7) is 3.04. The molecule has 1 aromatic rings. The first kappa shape index (κ1) is 16.3. The van der Waals surface area contributed by atoms with Gasteiger partial charge in [0.05, 0.1) is 22.9 Å². The Morgan fingerprint density at radius 3 is 2.65 bits per heavy atom. The van der Waals surface area contributed by atoms with Gasteiger partial charge in [-0.2, -0.15) is 0 Å². The third-order valence-corrected chi connectivity index (χ3v) is 3.68. The summed E-state index contributed by atoms with van der Waals surface area (Å²) >= 11 is 0. The average molecular weight is 296 g/mol. The van der Waals surface area contributed by atoms with Crippen molar-refractivity contribution in [1.29, 1.82) is 0 Å². The molecule has 1 aromatic carbocycles. The lowest BCUT2D eigenvalue weighted by atomic mass is 10.1.